The molecule has 0 aliphatic rings. The van der Waals surface area contributed by atoms with Gasteiger partial charge in [-0.1, -0.05) is 82.5 Å². The van der Waals surface area contributed by atoms with Crippen LogP contribution in [0.5, 0.6) is 5.75 Å². The molecule has 3 rings (SSSR count). The molecule has 0 aliphatic carbocycles. The van der Waals surface area contributed by atoms with Gasteiger partial charge in [0, 0.05) is 12.1 Å². The van der Waals surface area contributed by atoms with Crippen molar-refractivity contribution in [2.45, 2.75) is 40.0 Å². The number of carbonyl (C=O) groups excluding carboxylic acids is 2. The van der Waals surface area contributed by atoms with Crippen LogP contribution >= 0.6 is 0 Å². The van der Waals surface area contributed by atoms with E-state index in [4.69, 9.17) is 16.2 Å². The van der Waals surface area contributed by atoms with Crippen LogP contribution in [0.2, 0.25) is 0 Å². The second kappa shape index (κ2) is 13.3. The second-order valence-electron chi connectivity index (χ2n) is 9.59. The minimum atomic E-state index is -0.725. The Balaban J connectivity index is 0.00000118. The molecule has 1 unspecified atom stereocenters. The third-order valence-electron chi connectivity index (χ3n) is 5.78. The lowest BCUT2D eigenvalue weighted by atomic mass is 9.89. The van der Waals surface area contributed by atoms with E-state index < -0.39 is 12.0 Å². The molecule has 2 aromatic carbocycles. The first-order valence-electron chi connectivity index (χ1n) is 12.0. The number of ether oxygens (including phenoxy) is 1. The van der Waals surface area contributed by atoms with Crippen LogP contribution in [-0.4, -0.2) is 39.9 Å². The predicted octanol–water partition coefficient (Wildman–Crippen LogP) is 3.94. The molecule has 0 aliphatic heterocycles. The third kappa shape index (κ3) is 7.57. The quantitative estimate of drug-likeness (QED) is 0.315. The summed E-state index contributed by atoms with van der Waals surface area (Å²) in [6.07, 6.45) is 2.55. The Morgan fingerprint density at radius 2 is 1.74 bits per heavy atom. The summed E-state index contributed by atoms with van der Waals surface area (Å²) in [4.78, 5) is 24.6. The molecule has 6 N–H and O–H groups in total. The van der Waals surface area contributed by atoms with Crippen molar-refractivity contribution in [3.8, 4) is 17.0 Å². The van der Waals surface area contributed by atoms with E-state index in [1.54, 1.807) is 48.6 Å². The number of amides is 2. The van der Waals surface area contributed by atoms with Crippen molar-refractivity contribution >= 4 is 17.6 Å². The van der Waals surface area contributed by atoms with Crippen molar-refractivity contribution in [3.05, 3.63) is 90.5 Å². The molecular weight excluding hydrogens is 482 g/mol. The molecule has 0 radical (unpaired) electrons. The summed E-state index contributed by atoms with van der Waals surface area (Å²) in [5.74, 6) is -0.336. The van der Waals surface area contributed by atoms with E-state index in [9.17, 15) is 14.7 Å². The monoisotopic (exact) mass is 519 g/mol. The molecule has 1 heterocycles. The van der Waals surface area contributed by atoms with Crippen LogP contribution in [0.4, 0.5) is 5.82 Å². The molecule has 1 atom stereocenters. The maximum absolute atomic E-state index is 12.5. The van der Waals surface area contributed by atoms with Crippen LogP contribution in [0, 0.1) is 5.41 Å². The lowest BCUT2D eigenvalue weighted by Crippen LogP contribution is -2.31. The number of nitrogens with zero attached hydrogens (tertiary/aromatic N) is 2. The predicted molar refractivity (Wildman–Crippen MR) is 151 cm³/mol. The largest absolute Gasteiger partial charge is 0.496 e. The first-order chi connectivity index (χ1) is 17.9. The molecule has 202 valence electrons. The number of aliphatic hydroxyl groups is 1. The van der Waals surface area contributed by atoms with Crippen LogP contribution in [0.15, 0.2) is 73.8 Å². The molecule has 0 bridgehead atoms. The Hall–Kier alpha value is -4.37. The van der Waals surface area contributed by atoms with E-state index in [0.717, 1.165) is 5.56 Å². The van der Waals surface area contributed by atoms with Crippen molar-refractivity contribution in [2.24, 2.45) is 11.1 Å². The Bertz CT molecular complexity index is 1270. The lowest BCUT2D eigenvalue weighted by molar-refractivity contribution is 0.0457. The highest BCUT2D eigenvalue weighted by molar-refractivity contribution is 6.03. The van der Waals surface area contributed by atoms with E-state index in [0.29, 0.717) is 29.1 Å². The maximum Gasteiger partial charge on any atom is 0.255 e. The number of carbonyl (C=O) groups is 2. The van der Waals surface area contributed by atoms with E-state index in [1.807, 2.05) is 32.9 Å². The second-order valence-corrected chi connectivity index (χ2v) is 9.59. The average Bonchev–Trinajstić information content (AvgIpc) is 3.22. The number of anilines is 1. The molecule has 9 nitrogen and oxygen atoms in total. The molecule has 0 saturated heterocycles. The van der Waals surface area contributed by atoms with E-state index >= 15 is 0 Å². The molecule has 0 saturated carbocycles. The fourth-order valence-electron chi connectivity index (χ4n) is 3.39. The van der Waals surface area contributed by atoms with Gasteiger partial charge in [0.15, 0.2) is 0 Å². The summed E-state index contributed by atoms with van der Waals surface area (Å²) in [7, 11) is 1.52. The zero-order valence-corrected chi connectivity index (χ0v) is 22.4. The number of nitrogens with one attached hydrogen (secondary N) is 1. The molecule has 3 aromatic rings. The number of aliphatic hydroxyl groups excluding tert-OH is 1. The number of allylic oxidation sites excluding steroid dienone is 2. The summed E-state index contributed by atoms with van der Waals surface area (Å²) in [6.45, 7) is 12.9. The number of hydrogen-bond donors (Lipinski definition) is 4. The van der Waals surface area contributed by atoms with Gasteiger partial charge in [-0.3, -0.25) is 9.59 Å². The van der Waals surface area contributed by atoms with Crippen molar-refractivity contribution < 1.29 is 19.4 Å². The van der Waals surface area contributed by atoms with E-state index in [2.05, 4.69) is 23.6 Å². The summed E-state index contributed by atoms with van der Waals surface area (Å²) >= 11 is 0. The number of benzene rings is 2. The Morgan fingerprint density at radius 1 is 1.13 bits per heavy atom. The van der Waals surface area contributed by atoms with Crippen LogP contribution in [-0.2, 0) is 13.1 Å². The first-order valence-corrected chi connectivity index (χ1v) is 12.0. The molecular formula is C29H37N5O4. The van der Waals surface area contributed by atoms with Crippen LogP contribution in [0.1, 0.15) is 47.1 Å². The van der Waals surface area contributed by atoms with Gasteiger partial charge in [0.2, 0.25) is 0 Å². The molecule has 0 fully saturated rings. The third-order valence-corrected chi connectivity index (χ3v) is 5.78. The highest BCUT2D eigenvalue weighted by Gasteiger charge is 2.27. The van der Waals surface area contributed by atoms with Crippen molar-refractivity contribution in [3.63, 3.8) is 0 Å². The first kappa shape index (κ1) is 29.9. The van der Waals surface area contributed by atoms with Crippen molar-refractivity contribution in [2.75, 3.05) is 12.8 Å². The fourth-order valence-corrected chi connectivity index (χ4v) is 3.39. The van der Waals surface area contributed by atoms with E-state index in [-0.39, 0.29) is 29.2 Å². The molecule has 1 aromatic heterocycles. The van der Waals surface area contributed by atoms with Gasteiger partial charge < -0.3 is 26.6 Å². The Labute approximate surface area is 223 Å². The highest BCUT2D eigenvalue weighted by Crippen LogP contribution is 2.29. The number of aromatic nitrogens is 2. The summed E-state index contributed by atoms with van der Waals surface area (Å²) in [5, 5.41) is 17.8. The van der Waals surface area contributed by atoms with Gasteiger partial charge in [-0.2, -0.15) is 5.10 Å². The highest BCUT2D eigenvalue weighted by atomic mass is 16.5. The summed E-state index contributed by atoms with van der Waals surface area (Å²) in [5.41, 5.74) is 13.7. The smallest absolute Gasteiger partial charge is 0.255 e. The molecule has 0 spiro atoms. The molecule has 2 amide bonds. The van der Waals surface area contributed by atoms with Gasteiger partial charge in [-0.15, -0.1) is 0 Å². The maximum atomic E-state index is 12.5. The number of nitrogen functional groups attached to an aromatic ring is 1. The number of methoxy groups -OCH3 is 1. The lowest BCUT2D eigenvalue weighted by Gasteiger charge is -2.25. The number of primary amides is 1. The van der Waals surface area contributed by atoms with Gasteiger partial charge in [-0.25, -0.2) is 4.68 Å². The van der Waals surface area contributed by atoms with Gasteiger partial charge in [0.1, 0.15) is 22.8 Å². The van der Waals surface area contributed by atoms with E-state index in [1.165, 1.54) is 11.8 Å². The van der Waals surface area contributed by atoms with Crippen LogP contribution in [0.25, 0.3) is 11.3 Å². The van der Waals surface area contributed by atoms with Crippen molar-refractivity contribution in [1.82, 2.24) is 15.1 Å². The molecule has 9 heteroatoms. The number of hydrogen-bond acceptors (Lipinski definition) is 6. The molecule has 38 heavy (non-hydrogen) atoms. The Morgan fingerprint density at radius 3 is 2.26 bits per heavy atom. The number of rotatable bonds is 9. The topological polar surface area (TPSA) is 145 Å². The van der Waals surface area contributed by atoms with Gasteiger partial charge in [-0.05, 0) is 23.1 Å². The normalized spacial score (nSPS) is 11.5. The zero-order chi connectivity index (χ0) is 28.5. The summed E-state index contributed by atoms with van der Waals surface area (Å²) < 4.78 is 6.64. The fraction of sp³-hybridized carbons (Fsp3) is 0.276. The van der Waals surface area contributed by atoms with Crippen LogP contribution < -0.4 is 21.5 Å². The Kier molecular flexibility index (Phi) is 10.4. The average molecular weight is 520 g/mol. The minimum absolute atomic E-state index is 0.110. The SMILES string of the molecule is C=CC=C.COc1ccccc1C(=O)NCc1ccc(-c2nn(CC(O)C(C)(C)C)c(N)c2C(N)=O)cc1. The zero-order valence-electron chi connectivity index (χ0n) is 22.4. The minimum Gasteiger partial charge on any atom is -0.496 e. The van der Waals surface area contributed by atoms with Crippen LogP contribution in [0.3, 0.4) is 0 Å². The number of nitrogens with two attached hydrogens (primary N) is 2. The van der Waals surface area contributed by atoms with Gasteiger partial charge >= 0.3 is 0 Å². The van der Waals surface area contributed by atoms with Crippen molar-refractivity contribution in [1.29, 1.82) is 0 Å². The van der Waals surface area contributed by atoms with Gasteiger partial charge in [0.25, 0.3) is 11.8 Å². The van der Waals surface area contributed by atoms with Gasteiger partial charge in [0.05, 0.1) is 25.3 Å². The standard InChI is InChI=1S/C25H31N5O4.C4H6/c1-25(2,3)19(31)14-30-22(26)20(23(27)32)21(29-30)16-11-9-15(10-12-16)13-28-24(33)17-7-5-6-8-18(17)34-4;1-3-4-2/h5-12,19,31H,13-14,26H2,1-4H3,(H2,27,32)(H,28,33);3-4H,1-2H2. The summed E-state index contributed by atoms with van der Waals surface area (Å²) in [6, 6.07) is 14.2. The number of para-hydroxylation sites is 1.